The summed E-state index contributed by atoms with van der Waals surface area (Å²) < 4.78 is 38.1. The minimum atomic E-state index is -4.38. The molecule has 0 aromatic rings. The van der Waals surface area contributed by atoms with E-state index in [1.165, 1.54) is 0 Å². The van der Waals surface area contributed by atoms with Gasteiger partial charge in [-0.2, -0.15) is 13.2 Å². The number of carbonyl (C=O) groups excluding carboxylic acids is 1. The lowest BCUT2D eigenvalue weighted by Gasteiger charge is -2.29. The Morgan fingerprint density at radius 1 is 1.38 bits per heavy atom. The van der Waals surface area contributed by atoms with E-state index in [-0.39, 0.29) is 13.1 Å². The Balaban J connectivity index is 2.35. The van der Waals surface area contributed by atoms with E-state index in [1.807, 2.05) is 0 Å². The van der Waals surface area contributed by atoms with Crippen LogP contribution < -0.4 is 5.32 Å². The number of ketones is 1. The van der Waals surface area contributed by atoms with Crippen LogP contribution in [0.2, 0.25) is 0 Å². The van der Waals surface area contributed by atoms with E-state index in [4.69, 9.17) is 0 Å². The lowest BCUT2D eigenvalue weighted by atomic mass is 9.80. The van der Waals surface area contributed by atoms with Crippen LogP contribution in [0.3, 0.4) is 0 Å². The van der Waals surface area contributed by atoms with Gasteiger partial charge in [0.1, 0.15) is 5.41 Å². The lowest BCUT2D eigenvalue weighted by Crippen LogP contribution is -2.47. The Labute approximate surface area is 73.5 Å². The highest BCUT2D eigenvalue weighted by Gasteiger charge is 2.67. The van der Waals surface area contributed by atoms with Crippen LogP contribution >= 0.6 is 0 Å². The Hall–Kier alpha value is -0.580. The summed E-state index contributed by atoms with van der Waals surface area (Å²) in [5, 5.41) is 2.52. The second-order valence-electron chi connectivity index (χ2n) is 3.77. The molecule has 13 heavy (non-hydrogen) atoms. The van der Waals surface area contributed by atoms with E-state index in [0.29, 0.717) is 12.8 Å². The molecule has 1 aliphatic heterocycles. The summed E-state index contributed by atoms with van der Waals surface area (Å²) in [6, 6.07) is 0. The zero-order valence-corrected chi connectivity index (χ0v) is 6.95. The normalized spacial score (nSPS) is 35.5. The number of hydrogen-bond donors (Lipinski definition) is 1. The predicted octanol–water partition coefficient (Wildman–Crippen LogP) is 1.12. The smallest absolute Gasteiger partial charge is 0.309 e. The summed E-state index contributed by atoms with van der Waals surface area (Å²) in [5.41, 5.74) is -2.05. The molecule has 0 spiro atoms. The molecule has 5 heteroatoms. The molecule has 2 fully saturated rings. The number of halogens is 3. The number of Topliss-reactive ketones (excluding diaryl/α,β-unsaturated/α-hetero) is 1. The lowest BCUT2D eigenvalue weighted by molar-refractivity contribution is -0.219. The quantitative estimate of drug-likeness (QED) is 0.676. The van der Waals surface area contributed by atoms with Gasteiger partial charge in [-0.15, -0.1) is 0 Å². The third kappa shape index (κ3) is 1.10. The monoisotopic (exact) mass is 193 g/mol. The largest absolute Gasteiger partial charge is 0.402 e. The van der Waals surface area contributed by atoms with Crippen LogP contribution in [0.15, 0.2) is 0 Å². The van der Waals surface area contributed by atoms with Gasteiger partial charge in [0.15, 0.2) is 5.78 Å². The average molecular weight is 193 g/mol. The molecule has 0 aromatic heterocycles. The minimum absolute atomic E-state index is 0.129. The van der Waals surface area contributed by atoms with Gasteiger partial charge in [-0.3, -0.25) is 4.79 Å². The number of alkyl halides is 3. The Kier molecular flexibility index (Phi) is 1.71. The van der Waals surface area contributed by atoms with Gasteiger partial charge >= 0.3 is 6.18 Å². The van der Waals surface area contributed by atoms with Crippen molar-refractivity contribution in [3.63, 3.8) is 0 Å². The summed E-state index contributed by atoms with van der Waals surface area (Å²) in [6.45, 7) is -0.351. The van der Waals surface area contributed by atoms with E-state index in [2.05, 4.69) is 5.32 Å². The Morgan fingerprint density at radius 2 is 2.00 bits per heavy atom. The molecule has 2 nitrogen and oxygen atoms in total. The maximum atomic E-state index is 12.7. The fourth-order valence-electron chi connectivity index (χ4n) is 2.07. The molecule has 1 atom stereocenters. The minimum Gasteiger partial charge on any atom is -0.309 e. The second-order valence-corrected chi connectivity index (χ2v) is 3.77. The van der Waals surface area contributed by atoms with Crippen molar-refractivity contribution in [1.29, 1.82) is 0 Å². The molecule has 1 N–H and O–H groups in total. The molecule has 0 aromatic carbocycles. The molecular weight excluding hydrogens is 183 g/mol. The molecule has 1 aliphatic carbocycles. The van der Waals surface area contributed by atoms with E-state index < -0.39 is 23.3 Å². The van der Waals surface area contributed by atoms with E-state index in [9.17, 15) is 18.0 Å². The van der Waals surface area contributed by atoms with Crippen LogP contribution in [0.1, 0.15) is 12.8 Å². The highest BCUT2D eigenvalue weighted by Crippen LogP contribution is 2.55. The fourth-order valence-corrected chi connectivity index (χ4v) is 2.07. The Bertz CT molecular complexity index is 246. The highest BCUT2D eigenvalue weighted by molar-refractivity contribution is 5.90. The first-order valence-corrected chi connectivity index (χ1v) is 4.29. The van der Waals surface area contributed by atoms with E-state index in [1.54, 1.807) is 0 Å². The first-order chi connectivity index (χ1) is 5.98. The van der Waals surface area contributed by atoms with E-state index in [0.717, 1.165) is 0 Å². The van der Waals surface area contributed by atoms with Gasteiger partial charge in [0.25, 0.3) is 0 Å². The summed E-state index contributed by atoms with van der Waals surface area (Å²) in [5.74, 6) is -1.14. The Morgan fingerprint density at radius 3 is 2.31 bits per heavy atom. The van der Waals surface area contributed by atoms with Crippen molar-refractivity contribution in [3.8, 4) is 0 Å². The first kappa shape index (κ1) is 8.99. The van der Waals surface area contributed by atoms with Crippen molar-refractivity contribution in [2.75, 3.05) is 13.1 Å². The van der Waals surface area contributed by atoms with Gasteiger partial charge in [0.05, 0.1) is 6.54 Å². The van der Waals surface area contributed by atoms with Gasteiger partial charge in [-0.25, -0.2) is 0 Å². The third-order valence-electron chi connectivity index (χ3n) is 2.97. The number of rotatable bonds is 1. The van der Waals surface area contributed by atoms with Gasteiger partial charge in [0.2, 0.25) is 0 Å². The van der Waals surface area contributed by atoms with Gasteiger partial charge in [-0.05, 0) is 18.8 Å². The molecule has 2 rings (SSSR count). The standard InChI is InChI=1S/C8H10F3NO/c9-8(10,11)7(5-1-2-5)4-12-3-6(7)13/h5,12H,1-4H2. The van der Waals surface area contributed by atoms with Gasteiger partial charge < -0.3 is 5.32 Å². The van der Waals surface area contributed by atoms with E-state index >= 15 is 0 Å². The molecule has 0 radical (unpaired) electrons. The average Bonchev–Trinajstić information content (AvgIpc) is 2.74. The van der Waals surface area contributed by atoms with Crippen LogP contribution in [0, 0.1) is 11.3 Å². The summed E-state index contributed by atoms with van der Waals surface area (Å²) >= 11 is 0. The highest BCUT2D eigenvalue weighted by atomic mass is 19.4. The summed E-state index contributed by atoms with van der Waals surface area (Å²) in [6.07, 6.45) is -3.31. The fraction of sp³-hybridized carbons (Fsp3) is 0.875. The van der Waals surface area contributed by atoms with Gasteiger partial charge in [-0.1, -0.05) is 0 Å². The van der Waals surface area contributed by atoms with Crippen molar-refractivity contribution in [3.05, 3.63) is 0 Å². The predicted molar refractivity (Wildman–Crippen MR) is 39.1 cm³/mol. The topological polar surface area (TPSA) is 29.1 Å². The molecule has 74 valence electrons. The molecule has 0 amide bonds. The molecule has 1 heterocycles. The van der Waals surface area contributed by atoms with Crippen LogP contribution in [-0.4, -0.2) is 25.0 Å². The number of nitrogens with one attached hydrogen (secondary N) is 1. The van der Waals surface area contributed by atoms with Crippen molar-refractivity contribution in [2.24, 2.45) is 11.3 Å². The number of hydrogen-bond acceptors (Lipinski definition) is 2. The van der Waals surface area contributed by atoms with Crippen molar-refractivity contribution >= 4 is 5.78 Å². The second kappa shape index (κ2) is 2.47. The molecular formula is C8H10F3NO. The van der Waals surface area contributed by atoms with Crippen molar-refractivity contribution in [2.45, 2.75) is 19.0 Å². The van der Waals surface area contributed by atoms with Gasteiger partial charge in [0, 0.05) is 6.54 Å². The number of carbonyl (C=O) groups is 1. The van der Waals surface area contributed by atoms with Crippen LogP contribution in [0.5, 0.6) is 0 Å². The maximum absolute atomic E-state index is 12.7. The summed E-state index contributed by atoms with van der Waals surface area (Å²) in [4.78, 5) is 11.2. The van der Waals surface area contributed by atoms with Crippen LogP contribution in [0.4, 0.5) is 13.2 Å². The molecule has 1 saturated carbocycles. The van der Waals surface area contributed by atoms with Crippen molar-refractivity contribution in [1.82, 2.24) is 5.32 Å². The zero-order chi connectivity index (χ0) is 9.69. The molecule has 1 saturated heterocycles. The molecule has 2 aliphatic rings. The van der Waals surface area contributed by atoms with Crippen molar-refractivity contribution < 1.29 is 18.0 Å². The molecule has 0 bridgehead atoms. The third-order valence-corrected chi connectivity index (χ3v) is 2.97. The maximum Gasteiger partial charge on any atom is 0.402 e. The summed E-state index contributed by atoms with van der Waals surface area (Å²) in [7, 11) is 0. The van der Waals surface area contributed by atoms with Crippen LogP contribution in [-0.2, 0) is 4.79 Å². The SMILES string of the molecule is O=C1CNCC1(C1CC1)C(F)(F)F. The molecule has 1 unspecified atom stereocenters. The zero-order valence-electron chi connectivity index (χ0n) is 6.95. The first-order valence-electron chi connectivity index (χ1n) is 4.29. The van der Waals surface area contributed by atoms with Crippen LogP contribution in [0.25, 0.3) is 0 Å².